The van der Waals surface area contributed by atoms with Gasteiger partial charge in [-0.1, -0.05) is 19.9 Å². The fraction of sp³-hybridized carbons (Fsp3) is 0.667. The van der Waals surface area contributed by atoms with Crippen LogP contribution in [0.15, 0.2) is 18.2 Å². The summed E-state index contributed by atoms with van der Waals surface area (Å²) in [6, 6.07) is 5.76. The second-order valence-corrected chi connectivity index (χ2v) is 6.75. The van der Waals surface area contributed by atoms with Crippen molar-refractivity contribution in [1.82, 2.24) is 9.80 Å². The van der Waals surface area contributed by atoms with Gasteiger partial charge in [0, 0.05) is 50.9 Å². The van der Waals surface area contributed by atoms with Gasteiger partial charge in [-0.3, -0.25) is 9.80 Å². The van der Waals surface area contributed by atoms with Gasteiger partial charge in [0.2, 0.25) is 0 Å². The number of nitrogens with zero attached hydrogens (tertiary/aromatic N) is 2. The van der Waals surface area contributed by atoms with Crippen molar-refractivity contribution in [3.63, 3.8) is 0 Å². The summed E-state index contributed by atoms with van der Waals surface area (Å²) in [5.41, 5.74) is 0.843. The van der Waals surface area contributed by atoms with Gasteiger partial charge in [0.1, 0.15) is 11.5 Å². The average Bonchev–Trinajstić information content (AvgIpc) is 2.51. The highest BCUT2D eigenvalue weighted by Gasteiger charge is 2.27. The molecule has 5 heteroatoms. The molecule has 0 unspecified atom stereocenters. The molecular weight excluding hydrogens is 292 g/mol. The van der Waals surface area contributed by atoms with E-state index in [0.717, 1.165) is 43.9 Å². The Kier molecular flexibility index (Phi) is 6.69. The highest BCUT2D eigenvalue weighted by molar-refractivity contribution is 5.43. The summed E-state index contributed by atoms with van der Waals surface area (Å²) in [5, 5.41) is 19.5. The molecule has 1 fully saturated rings. The van der Waals surface area contributed by atoms with Crippen molar-refractivity contribution < 1.29 is 14.9 Å². The molecule has 0 saturated carbocycles. The summed E-state index contributed by atoms with van der Waals surface area (Å²) < 4.78 is 5.38. The first-order valence-electron chi connectivity index (χ1n) is 8.47. The average molecular weight is 322 g/mol. The third-order valence-electron chi connectivity index (χ3n) is 4.46. The molecule has 1 heterocycles. The van der Waals surface area contributed by atoms with Gasteiger partial charge in [0.15, 0.2) is 0 Å². The monoisotopic (exact) mass is 322 g/mol. The molecule has 1 aliphatic heterocycles. The van der Waals surface area contributed by atoms with Crippen LogP contribution in [-0.4, -0.2) is 66.0 Å². The Bertz CT molecular complexity index is 493. The number of phenols is 1. The summed E-state index contributed by atoms with van der Waals surface area (Å²) in [6.07, 6.45) is 0.793. The van der Waals surface area contributed by atoms with Crippen molar-refractivity contribution in [3.8, 4) is 11.5 Å². The van der Waals surface area contributed by atoms with Gasteiger partial charge in [-0.2, -0.15) is 0 Å². The lowest BCUT2D eigenvalue weighted by atomic mass is 10.0. The Morgan fingerprint density at radius 2 is 2.09 bits per heavy atom. The van der Waals surface area contributed by atoms with Gasteiger partial charge >= 0.3 is 0 Å². The number of piperazine rings is 1. The maximum absolute atomic E-state index is 10.1. The van der Waals surface area contributed by atoms with Crippen molar-refractivity contribution in [2.75, 3.05) is 39.9 Å². The first-order valence-corrected chi connectivity index (χ1v) is 8.47. The van der Waals surface area contributed by atoms with Crippen LogP contribution in [0.3, 0.4) is 0 Å². The normalized spacial score (nSPS) is 20.1. The van der Waals surface area contributed by atoms with E-state index in [1.807, 2.05) is 6.07 Å². The Morgan fingerprint density at radius 1 is 1.30 bits per heavy atom. The lowest BCUT2D eigenvalue weighted by Gasteiger charge is -2.42. The van der Waals surface area contributed by atoms with Gasteiger partial charge in [0.25, 0.3) is 0 Å². The summed E-state index contributed by atoms with van der Waals surface area (Å²) in [6.45, 7) is 9.29. The van der Waals surface area contributed by atoms with E-state index in [1.54, 1.807) is 19.2 Å². The third kappa shape index (κ3) is 4.83. The number of rotatable bonds is 7. The summed E-state index contributed by atoms with van der Waals surface area (Å²) in [4.78, 5) is 4.83. The molecule has 0 bridgehead atoms. The van der Waals surface area contributed by atoms with Crippen LogP contribution in [0.1, 0.15) is 25.8 Å². The smallest absolute Gasteiger partial charge is 0.127 e. The molecule has 1 aliphatic rings. The first-order chi connectivity index (χ1) is 11.0. The van der Waals surface area contributed by atoms with E-state index in [1.165, 1.54) is 0 Å². The van der Waals surface area contributed by atoms with Crippen LogP contribution in [0.4, 0.5) is 0 Å². The highest BCUT2D eigenvalue weighted by Crippen LogP contribution is 2.29. The molecule has 5 nitrogen and oxygen atoms in total. The van der Waals surface area contributed by atoms with Crippen LogP contribution in [-0.2, 0) is 6.54 Å². The molecule has 2 rings (SSSR count). The fourth-order valence-corrected chi connectivity index (χ4v) is 3.36. The lowest BCUT2D eigenvalue weighted by Crippen LogP contribution is -2.53. The van der Waals surface area contributed by atoms with Crippen LogP contribution in [0.2, 0.25) is 0 Å². The topological polar surface area (TPSA) is 56.2 Å². The number of hydrogen-bond donors (Lipinski definition) is 2. The number of benzene rings is 1. The van der Waals surface area contributed by atoms with E-state index < -0.39 is 0 Å². The zero-order chi connectivity index (χ0) is 16.8. The molecular formula is C18H30N2O3. The van der Waals surface area contributed by atoms with Crippen LogP contribution in [0.5, 0.6) is 11.5 Å². The molecule has 0 spiro atoms. The molecule has 0 aliphatic carbocycles. The minimum atomic E-state index is 0.215. The SMILES string of the molecule is COc1cccc(O)c1CN1CCN(CC(C)C)[C@@H](CCO)C1. The number of aliphatic hydroxyl groups is 1. The number of phenolic OH excluding ortho intramolecular Hbond substituents is 1. The third-order valence-corrected chi connectivity index (χ3v) is 4.46. The van der Waals surface area contributed by atoms with Gasteiger partial charge in [-0.25, -0.2) is 0 Å². The summed E-state index contributed by atoms with van der Waals surface area (Å²) >= 11 is 0. The van der Waals surface area contributed by atoms with E-state index in [4.69, 9.17) is 4.74 Å². The molecule has 1 aromatic rings. The van der Waals surface area contributed by atoms with Crippen molar-refractivity contribution in [2.45, 2.75) is 32.9 Å². The number of hydrogen-bond acceptors (Lipinski definition) is 5. The summed E-state index contributed by atoms with van der Waals surface area (Å²) in [7, 11) is 1.63. The number of aromatic hydroxyl groups is 1. The minimum Gasteiger partial charge on any atom is -0.507 e. The molecule has 2 N–H and O–H groups in total. The van der Waals surface area contributed by atoms with E-state index in [0.29, 0.717) is 18.5 Å². The fourth-order valence-electron chi connectivity index (χ4n) is 3.36. The molecule has 23 heavy (non-hydrogen) atoms. The lowest BCUT2D eigenvalue weighted by molar-refractivity contribution is 0.0470. The predicted molar refractivity (Wildman–Crippen MR) is 91.8 cm³/mol. The van der Waals surface area contributed by atoms with E-state index in [-0.39, 0.29) is 12.4 Å². The maximum Gasteiger partial charge on any atom is 0.127 e. The van der Waals surface area contributed by atoms with Crippen LogP contribution in [0.25, 0.3) is 0 Å². The molecule has 0 aromatic heterocycles. The second kappa shape index (κ2) is 8.52. The molecule has 130 valence electrons. The van der Waals surface area contributed by atoms with Gasteiger partial charge < -0.3 is 14.9 Å². The van der Waals surface area contributed by atoms with E-state index in [2.05, 4.69) is 23.6 Å². The standard InChI is InChI=1S/C18H30N2O3/c1-14(2)11-20-9-8-19(12-15(20)7-10-21)13-16-17(22)5-4-6-18(16)23-3/h4-6,14-15,21-22H,7-13H2,1-3H3/t15-/m0/s1. The maximum atomic E-state index is 10.1. The predicted octanol–water partition coefficient (Wildman–Crippen LogP) is 1.93. The van der Waals surface area contributed by atoms with Crippen LogP contribution >= 0.6 is 0 Å². The zero-order valence-electron chi connectivity index (χ0n) is 14.5. The highest BCUT2D eigenvalue weighted by atomic mass is 16.5. The number of methoxy groups -OCH3 is 1. The Morgan fingerprint density at radius 3 is 2.74 bits per heavy atom. The van der Waals surface area contributed by atoms with Crippen LogP contribution in [0, 0.1) is 5.92 Å². The van der Waals surface area contributed by atoms with Crippen molar-refractivity contribution in [3.05, 3.63) is 23.8 Å². The van der Waals surface area contributed by atoms with Crippen LogP contribution < -0.4 is 4.74 Å². The van der Waals surface area contributed by atoms with E-state index in [9.17, 15) is 10.2 Å². The van der Waals surface area contributed by atoms with Crippen molar-refractivity contribution >= 4 is 0 Å². The molecule has 1 atom stereocenters. The van der Waals surface area contributed by atoms with Gasteiger partial charge in [0.05, 0.1) is 7.11 Å². The molecule has 0 amide bonds. The van der Waals surface area contributed by atoms with Gasteiger partial charge in [-0.05, 0) is 24.5 Å². The molecule has 0 radical (unpaired) electrons. The quantitative estimate of drug-likeness (QED) is 0.803. The summed E-state index contributed by atoms with van der Waals surface area (Å²) in [5.74, 6) is 1.64. The minimum absolute atomic E-state index is 0.215. The van der Waals surface area contributed by atoms with Crippen molar-refractivity contribution in [2.24, 2.45) is 5.92 Å². The number of aliphatic hydroxyl groups excluding tert-OH is 1. The molecule has 1 aromatic carbocycles. The van der Waals surface area contributed by atoms with Crippen molar-refractivity contribution in [1.29, 1.82) is 0 Å². The first kappa shape index (κ1) is 18.0. The number of ether oxygens (including phenoxy) is 1. The Hall–Kier alpha value is -1.30. The molecule has 1 saturated heterocycles. The second-order valence-electron chi connectivity index (χ2n) is 6.75. The van der Waals surface area contributed by atoms with Gasteiger partial charge in [-0.15, -0.1) is 0 Å². The van der Waals surface area contributed by atoms with E-state index >= 15 is 0 Å². The Balaban J connectivity index is 2.05. The largest absolute Gasteiger partial charge is 0.507 e. The Labute approximate surface area is 139 Å². The zero-order valence-corrected chi connectivity index (χ0v) is 14.5.